The summed E-state index contributed by atoms with van der Waals surface area (Å²) in [6, 6.07) is 2.71. The summed E-state index contributed by atoms with van der Waals surface area (Å²) in [5.41, 5.74) is -0.254. The SMILES string of the molecule is CC(=O)c1cc(Br)cc([N+](=O)[O-])c1OC1CCN(C)C1=O. The van der Waals surface area contributed by atoms with Crippen LogP contribution >= 0.6 is 15.9 Å². The van der Waals surface area contributed by atoms with Crippen LogP contribution < -0.4 is 4.74 Å². The molecule has 0 radical (unpaired) electrons. The molecule has 8 heteroatoms. The Labute approximate surface area is 129 Å². The third kappa shape index (κ3) is 3.05. The molecule has 1 aromatic carbocycles. The van der Waals surface area contributed by atoms with E-state index in [0.717, 1.165) is 0 Å². The molecular weight excluding hydrogens is 344 g/mol. The Kier molecular flexibility index (Phi) is 4.26. The van der Waals surface area contributed by atoms with E-state index in [2.05, 4.69) is 15.9 Å². The number of likely N-dealkylation sites (N-methyl/N-ethyl adjacent to an activating group) is 1. The lowest BCUT2D eigenvalue weighted by Gasteiger charge is -2.15. The summed E-state index contributed by atoms with van der Waals surface area (Å²) >= 11 is 3.13. The number of benzene rings is 1. The average Bonchev–Trinajstić information content (AvgIpc) is 2.71. The van der Waals surface area contributed by atoms with Gasteiger partial charge in [0, 0.05) is 30.6 Å². The summed E-state index contributed by atoms with van der Waals surface area (Å²) < 4.78 is 5.93. The molecule has 1 unspecified atom stereocenters. The number of hydrogen-bond acceptors (Lipinski definition) is 5. The summed E-state index contributed by atoms with van der Waals surface area (Å²) in [6.07, 6.45) is -0.368. The van der Waals surface area contributed by atoms with Gasteiger partial charge >= 0.3 is 5.69 Å². The average molecular weight is 357 g/mol. The lowest BCUT2D eigenvalue weighted by atomic mass is 10.1. The van der Waals surface area contributed by atoms with Crippen molar-refractivity contribution in [2.75, 3.05) is 13.6 Å². The first-order chi connectivity index (χ1) is 9.81. The summed E-state index contributed by atoms with van der Waals surface area (Å²) in [7, 11) is 1.63. The molecule has 21 heavy (non-hydrogen) atoms. The van der Waals surface area contributed by atoms with Crippen LogP contribution in [0.25, 0.3) is 0 Å². The van der Waals surface area contributed by atoms with E-state index in [0.29, 0.717) is 17.4 Å². The van der Waals surface area contributed by atoms with E-state index in [1.165, 1.54) is 24.0 Å². The number of nitrogens with zero attached hydrogens (tertiary/aromatic N) is 2. The van der Waals surface area contributed by atoms with Gasteiger partial charge in [0.2, 0.25) is 5.75 Å². The highest BCUT2D eigenvalue weighted by molar-refractivity contribution is 9.10. The van der Waals surface area contributed by atoms with Crippen LogP contribution in [0.4, 0.5) is 5.69 Å². The first-order valence-corrected chi connectivity index (χ1v) is 7.01. The predicted octanol–water partition coefficient (Wildman–Crippen LogP) is 2.17. The zero-order valence-corrected chi connectivity index (χ0v) is 13.0. The molecule has 112 valence electrons. The number of Topliss-reactive ketones (excluding diaryl/α,β-unsaturated/α-hetero) is 1. The van der Waals surface area contributed by atoms with Crippen LogP contribution in [0, 0.1) is 10.1 Å². The molecule has 1 saturated heterocycles. The van der Waals surface area contributed by atoms with E-state index in [1.54, 1.807) is 7.05 Å². The normalized spacial score (nSPS) is 18.0. The molecule has 0 bridgehead atoms. The third-order valence-corrected chi connectivity index (χ3v) is 3.71. The van der Waals surface area contributed by atoms with Crippen LogP contribution in [0.2, 0.25) is 0 Å². The molecule has 1 aliphatic rings. The van der Waals surface area contributed by atoms with Crippen molar-refractivity contribution in [1.82, 2.24) is 4.90 Å². The highest BCUT2D eigenvalue weighted by Gasteiger charge is 2.34. The van der Waals surface area contributed by atoms with Crippen LogP contribution in [0.5, 0.6) is 5.75 Å². The zero-order chi connectivity index (χ0) is 15.7. The number of hydrogen-bond donors (Lipinski definition) is 0. The molecule has 7 nitrogen and oxygen atoms in total. The number of rotatable bonds is 4. The van der Waals surface area contributed by atoms with E-state index >= 15 is 0 Å². The third-order valence-electron chi connectivity index (χ3n) is 3.25. The minimum Gasteiger partial charge on any atom is -0.473 e. The van der Waals surface area contributed by atoms with Gasteiger partial charge in [-0.2, -0.15) is 0 Å². The molecule has 1 fully saturated rings. The van der Waals surface area contributed by atoms with Gasteiger partial charge in [0.05, 0.1) is 10.5 Å². The molecule has 1 aliphatic heterocycles. The van der Waals surface area contributed by atoms with Crippen molar-refractivity contribution in [1.29, 1.82) is 0 Å². The summed E-state index contributed by atoms with van der Waals surface area (Å²) in [5.74, 6) is -0.765. The van der Waals surface area contributed by atoms with E-state index in [-0.39, 0.29) is 28.7 Å². The number of nitro benzene ring substituents is 1. The van der Waals surface area contributed by atoms with Gasteiger partial charge in [0.15, 0.2) is 11.9 Å². The molecule has 0 aromatic heterocycles. The number of nitro groups is 1. The molecule has 1 atom stereocenters. The highest BCUT2D eigenvalue weighted by Crippen LogP contribution is 2.36. The van der Waals surface area contributed by atoms with Gasteiger partial charge in [-0.3, -0.25) is 19.7 Å². The van der Waals surface area contributed by atoms with Crippen molar-refractivity contribution < 1.29 is 19.2 Å². The number of carbonyl (C=O) groups is 2. The molecular formula is C13H13BrN2O5. The van der Waals surface area contributed by atoms with Crippen molar-refractivity contribution in [2.45, 2.75) is 19.4 Å². The number of ether oxygens (including phenoxy) is 1. The molecule has 1 heterocycles. The van der Waals surface area contributed by atoms with Gasteiger partial charge in [-0.1, -0.05) is 15.9 Å². The smallest absolute Gasteiger partial charge is 0.312 e. The van der Waals surface area contributed by atoms with Gasteiger partial charge in [0.25, 0.3) is 5.91 Å². The Morgan fingerprint density at radius 1 is 1.52 bits per heavy atom. The first kappa shape index (κ1) is 15.4. The van der Waals surface area contributed by atoms with Gasteiger partial charge < -0.3 is 9.64 Å². The zero-order valence-electron chi connectivity index (χ0n) is 11.5. The van der Waals surface area contributed by atoms with E-state index in [9.17, 15) is 19.7 Å². The Balaban J connectivity index is 2.47. The predicted molar refractivity (Wildman–Crippen MR) is 77.5 cm³/mol. The lowest BCUT2D eigenvalue weighted by molar-refractivity contribution is -0.386. The van der Waals surface area contributed by atoms with Crippen molar-refractivity contribution >= 4 is 33.3 Å². The van der Waals surface area contributed by atoms with E-state index in [1.807, 2.05) is 0 Å². The van der Waals surface area contributed by atoms with Crippen molar-refractivity contribution in [2.24, 2.45) is 0 Å². The molecule has 0 aliphatic carbocycles. The Bertz CT molecular complexity index is 596. The lowest BCUT2D eigenvalue weighted by Crippen LogP contribution is -2.30. The fourth-order valence-electron chi connectivity index (χ4n) is 2.14. The molecule has 0 saturated carbocycles. The van der Waals surface area contributed by atoms with E-state index in [4.69, 9.17) is 4.74 Å². The second-order valence-electron chi connectivity index (χ2n) is 4.77. The second kappa shape index (κ2) is 5.80. The summed E-state index contributed by atoms with van der Waals surface area (Å²) in [6.45, 7) is 1.81. The van der Waals surface area contributed by atoms with Crippen LogP contribution in [-0.4, -0.2) is 41.2 Å². The van der Waals surface area contributed by atoms with Gasteiger partial charge in [-0.15, -0.1) is 0 Å². The maximum Gasteiger partial charge on any atom is 0.312 e. The summed E-state index contributed by atoms with van der Waals surface area (Å²) in [5, 5.41) is 11.2. The molecule has 1 aromatic rings. The van der Waals surface area contributed by atoms with Gasteiger partial charge in [-0.25, -0.2) is 0 Å². The monoisotopic (exact) mass is 356 g/mol. The topological polar surface area (TPSA) is 89.8 Å². The Morgan fingerprint density at radius 3 is 2.67 bits per heavy atom. The quantitative estimate of drug-likeness (QED) is 0.468. The number of amides is 1. The van der Waals surface area contributed by atoms with Crippen molar-refractivity contribution in [3.63, 3.8) is 0 Å². The minimum atomic E-state index is -0.798. The minimum absolute atomic E-state index is 0.0819. The maximum atomic E-state index is 11.9. The van der Waals surface area contributed by atoms with Gasteiger partial charge in [-0.05, 0) is 13.0 Å². The van der Waals surface area contributed by atoms with Crippen LogP contribution in [0.15, 0.2) is 16.6 Å². The molecule has 0 spiro atoms. The molecule has 0 N–H and O–H groups in total. The fraction of sp³-hybridized carbons (Fsp3) is 0.385. The number of likely N-dealkylation sites (tertiary alicyclic amines) is 1. The standard InChI is InChI=1S/C13H13BrN2O5/c1-7(17)9-5-8(14)6-10(16(19)20)12(9)21-11-3-4-15(2)13(11)18/h5-6,11H,3-4H2,1-2H3. The van der Waals surface area contributed by atoms with Crippen LogP contribution in [0.3, 0.4) is 0 Å². The highest BCUT2D eigenvalue weighted by atomic mass is 79.9. The first-order valence-electron chi connectivity index (χ1n) is 6.21. The number of halogens is 1. The molecule has 1 amide bonds. The van der Waals surface area contributed by atoms with Crippen molar-refractivity contribution in [3.05, 3.63) is 32.3 Å². The number of ketones is 1. The van der Waals surface area contributed by atoms with Gasteiger partial charge in [0.1, 0.15) is 0 Å². The number of carbonyl (C=O) groups excluding carboxylic acids is 2. The van der Waals surface area contributed by atoms with E-state index < -0.39 is 11.0 Å². The van der Waals surface area contributed by atoms with Crippen LogP contribution in [-0.2, 0) is 4.79 Å². The fourth-order valence-corrected chi connectivity index (χ4v) is 2.59. The van der Waals surface area contributed by atoms with Crippen molar-refractivity contribution in [3.8, 4) is 5.75 Å². The second-order valence-corrected chi connectivity index (χ2v) is 5.69. The van der Waals surface area contributed by atoms with Crippen LogP contribution in [0.1, 0.15) is 23.7 Å². The summed E-state index contributed by atoms with van der Waals surface area (Å²) in [4.78, 5) is 35.6. The Hall–Kier alpha value is -1.96. The maximum absolute atomic E-state index is 11.9. The Morgan fingerprint density at radius 2 is 2.19 bits per heavy atom. The largest absolute Gasteiger partial charge is 0.473 e. The molecule has 2 rings (SSSR count).